The minimum Gasteiger partial charge on any atom is -0.399 e. The fourth-order valence-electron chi connectivity index (χ4n) is 1.78. The molecule has 78 valence electrons. The van der Waals surface area contributed by atoms with E-state index in [1.807, 2.05) is 6.07 Å². The Morgan fingerprint density at radius 3 is 2.50 bits per heavy atom. The lowest BCUT2D eigenvalue weighted by Gasteiger charge is -2.08. The summed E-state index contributed by atoms with van der Waals surface area (Å²) in [6.45, 7) is 4.43. The fraction of sp³-hybridized carbons (Fsp3) is 0.538. The van der Waals surface area contributed by atoms with E-state index in [2.05, 4.69) is 26.0 Å². The van der Waals surface area contributed by atoms with E-state index in [-0.39, 0.29) is 0 Å². The molecule has 0 amide bonds. The van der Waals surface area contributed by atoms with Crippen LogP contribution in [0.2, 0.25) is 0 Å². The summed E-state index contributed by atoms with van der Waals surface area (Å²) in [6, 6.07) is 6.31. The largest absolute Gasteiger partial charge is 0.399 e. The molecule has 0 atom stereocenters. The first-order chi connectivity index (χ1) is 6.77. The van der Waals surface area contributed by atoms with E-state index in [0.717, 1.165) is 12.1 Å². The SMILES string of the molecule is CCCCCc1ccc(N)cc1CC. The fourth-order valence-corrected chi connectivity index (χ4v) is 1.78. The van der Waals surface area contributed by atoms with Crippen LogP contribution in [0.1, 0.15) is 44.2 Å². The van der Waals surface area contributed by atoms with Crippen LogP contribution in [-0.4, -0.2) is 0 Å². The van der Waals surface area contributed by atoms with Crippen LogP contribution in [0, 0.1) is 0 Å². The van der Waals surface area contributed by atoms with Crippen LogP contribution in [0.25, 0.3) is 0 Å². The van der Waals surface area contributed by atoms with Crippen LogP contribution < -0.4 is 5.73 Å². The standard InChI is InChI=1S/C13H21N/c1-3-5-6-7-12-8-9-13(14)10-11(12)4-2/h8-10H,3-7,14H2,1-2H3. The third-order valence-electron chi connectivity index (χ3n) is 2.66. The van der Waals surface area contributed by atoms with Crippen molar-refractivity contribution in [1.29, 1.82) is 0 Å². The van der Waals surface area contributed by atoms with Gasteiger partial charge in [-0.15, -0.1) is 0 Å². The monoisotopic (exact) mass is 191 g/mol. The smallest absolute Gasteiger partial charge is 0.0316 e. The number of hydrogen-bond acceptors (Lipinski definition) is 1. The Bertz CT molecular complexity index is 279. The summed E-state index contributed by atoms with van der Waals surface area (Å²) in [5.74, 6) is 0. The van der Waals surface area contributed by atoms with Crippen LogP contribution in [0.5, 0.6) is 0 Å². The highest BCUT2D eigenvalue weighted by atomic mass is 14.5. The average Bonchev–Trinajstić information content (AvgIpc) is 2.20. The molecule has 0 aromatic heterocycles. The summed E-state index contributed by atoms with van der Waals surface area (Å²) in [5, 5.41) is 0. The number of anilines is 1. The quantitative estimate of drug-likeness (QED) is 0.559. The van der Waals surface area contributed by atoms with Crippen molar-refractivity contribution < 1.29 is 0 Å². The molecule has 0 heterocycles. The normalized spacial score (nSPS) is 10.4. The number of rotatable bonds is 5. The highest BCUT2D eigenvalue weighted by molar-refractivity contribution is 5.44. The van der Waals surface area contributed by atoms with Crippen molar-refractivity contribution in [2.24, 2.45) is 0 Å². The summed E-state index contributed by atoms with van der Waals surface area (Å²) in [5.41, 5.74) is 9.55. The van der Waals surface area contributed by atoms with Gasteiger partial charge in [-0.3, -0.25) is 0 Å². The number of aryl methyl sites for hydroxylation is 2. The van der Waals surface area contributed by atoms with Crippen LogP contribution in [0.15, 0.2) is 18.2 Å². The van der Waals surface area contributed by atoms with Crippen molar-refractivity contribution in [1.82, 2.24) is 0 Å². The summed E-state index contributed by atoms with van der Waals surface area (Å²) in [4.78, 5) is 0. The Morgan fingerprint density at radius 2 is 1.86 bits per heavy atom. The molecule has 0 spiro atoms. The van der Waals surface area contributed by atoms with E-state index in [1.54, 1.807) is 0 Å². The molecule has 0 aliphatic heterocycles. The van der Waals surface area contributed by atoms with Crippen molar-refractivity contribution in [2.75, 3.05) is 5.73 Å². The van der Waals surface area contributed by atoms with Gasteiger partial charge in [0.1, 0.15) is 0 Å². The first kappa shape index (κ1) is 11.1. The molecule has 1 aromatic rings. The van der Waals surface area contributed by atoms with Crippen LogP contribution in [0.3, 0.4) is 0 Å². The molecule has 2 N–H and O–H groups in total. The van der Waals surface area contributed by atoms with Crippen molar-refractivity contribution in [3.8, 4) is 0 Å². The Balaban J connectivity index is 2.65. The maximum atomic E-state index is 5.76. The molecular formula is C13H21N. The van der Waals surface area contributed by atoms with E-state index >= 15 is 0 Å². The summed E-state index contributed by atoms with van der Waals surface area (Å²) in [6.07, 6.45) is 6.21. The molecular weight excluding hydrogens is 170 g/mol. The number of benzene rings is 1. The zero-order valence-electron chi connectivity index (χ0n) is 9.34. The van der Waals surface area contributed by atoms with Gasteiger partial charge in [0.15, 0.2) is 0 Å². The second-order valence-corrected chi connectivity index (χ2v) is 3.84. The lowest BCUT2D eigenvalue weighted by Crippen LogP contribution is -1.95. The molecule has 1 nitrogen and oxygen atoms in total. The third kappa shape index (κ3) is 3.06. The van der Waals surface area contributed by atoms with E-state index in [9.17, 15) is 0 Å². The molecule has 0 fully saturated rings. The zero-order chi connectivity index (χ0) is 10.4. The summed E-state index contributed by atoms with van der Waals surface area (Å²) >= 11 is 0. The second kappa shape index (κ2) is 5.69. The van der Waals surface area contributed by atoms with Crippen LogP contribution in [-0.2, 0) is 12.8 Å². The number of nitrogen functional groups attached to an aromatic ring is 1. The number of nitrogens with two attached hydrogens (primary N) is 1. The van der Waals surface area contributed by atoms with Crippen LogP contribution in [0.4, 0.5) is 5.69 Å². The molecule has 0 bridgehead atoms. The number of hydrogen-bond donors (Lipinski definition) is 1. The van der Waals surface area contributed by atoms with E-state index in [4.69, 9.17) is 5.73 Å². The van der Waals surface area contributed by atoms with Crippen molar-refractivity contribution in [3.63, 3.8) is 0 Å². The van der Waals surface area contributed by atoms with Gasteiger partial charge in [0.25, 0.3) is 0 Å². The molecule has 0 radical (unpaired) electrons. The van der Waals surface area contributed by atoms with Gasteiger partial charge in [0, 0.05) is 5.69 Å². The van der Waals surface area contributed by atoms with Gasteiger partial charge in [-0.2, -0.15) is 0 Å². The second-order valence-electron chi connectivity index (χ2n) is 3.84. The Kier molecular flexibility index (Phi) is 4.51. The van der Waals surface area contributed by atoms with Crippen molar-refractivity contribution in [3.05, 3.63) is 29.3 Å². The van der Waals surface area contributed by atoms with E-state index < -0.39 is 0 Å². The van der Waals surface area contributed by atoms with Gasteiger partial charge in [-0.25, -0.2) is 0 Å². The van der Waals surface area contributed by atoms with Gasteiger partial charge >= 0.3 is 0 Å². The Hall–Kier alpha value is -0.980. The first-order valence-electron chi connectivity index (χ1n) is 5.65. The van der Waals surface area contributed by atoms with Gasteiger partial charge < -0.3 is 5.73 Å². The predicted molar refractivity (Wildman–Crippen MR) is 63.5 cm³/mol. The summed E-state index contributed by atoms with van der Waals surface area (Å²) < 4.78 is 0. The van der Waals surface area contributed by atoms with Gasteiger partial charge in [0.05, 0.1) is 0 Å². The molecule has 0 aliphatic rings. The minimum absolute atomic E-state index is 0.890. The van der Waals surface area contributed by atoms with E-state index in [1.165, 1.54) is 36.8 Å². The minimum atomic E-state index is 0.890. The first-order valence-corrected chi connectivity index (χ1v) is 5.65. The lowest BCUT2D eigenvalue weighted by molar-refractivity contribution is 0.714. The Labute approximate surface area is 87.3 Å². The average molecular weight is 191 g/mol. The van der Waals surface area contributed by atoms with Gasteiger partial charge in [-0.05, 0) is 42.5 Å². The van der Waals surface area contributed by atoms with Crippen molar-refractivity contribution >= 4 is 5.69 Å². The molecule has 0 unspecified atom stereocenters. The number of unbranched alkanes of at least 4 members (excludes halogenated alkanes) is 2. The summed E-state index contributed by atoms with van der Waals surface area (Å²) in [7, 11) is 0. The Morgan fingerprint density at radius 1 is 1.07 bits per heavy atom. The maximum absolute atomic E-state index is 5.76. The molecule has 0 aliphatic carbocycles. The maximum Gasteiger partial charge on any atom is 0.0316 e. The van der Waals surface area contributed by atoms with Gasteiger partial charge in [-0.1, -0.05) is 32.8 Å². The molecule has 1 aromatic carbocycles. The zero-order valence-corrected chi connectivity index (χ0v) is 9.34. The predicted octanol–water partition coefficient (Wildman–Crippen LogP) is 3.56. The highest BCUT2D eigenvalue weighted by Gasteiger charge is 2.00. The molecule has 14 heavy (non-hydrogen) atoms. The molecule has 1 heteroatoms. The van der Waals surface area contributed by atoms with Crippen LogP contribution >= 0.6 is 0 Å². The molecule has 0 saturated heterocycles. The topological polar surface area (TPSA) is 26.0 Å². The lowest BCUT2D eigenvalue weighted by atomic mass is 9.99. The third-order valence-corrected chi connectivity index (χ3v) is 2.66. The molecule has 0 saturated carbocycles. The van der Waals surface area contributed by atoms with Gasteiger partial charge in [0.2, 0.25) is 0 Å². The molecule has 1 rings (SSSR count). The van der Waals surface area contributed by atoms with E-state index in [0.29, 0.717) is 0 Å². The highest BCUT2D eigenvalue weighted by Crippen LogP contribution is 2.16. The van der Waals surface area contributed by atoms with Crippen molar-refractivity contribution in [2.45, 2.75) is 46.0 Å².